The van der Waals surface area contributed by atoms with Gasteiger partial charge < -0.3 is 14.9 Å². The molecular weight excluding hydrogens is 268 g/mol. The summed E-state index contributed by atoms with van der Waals surface area (Å²) in [5, 5.41) is 9.57. The molecule has 1 aliphatic heterocycles. The molecule has 0 aromatic heterocycles. The van der Waals surface area contributed by atoms with Gasteiger partial charge in [-0.05, 0) is 39.3 Å². The molecule has 5 nitrogen and oxygen atoms in total. The predicted octanol–water partition coefficient (Wildman–Crippen LogP) is 1.96. The van der Waals surface area contributed by atoms with E-state index in [1.54, 1.807) is 4.90 Å². The van der Waals surface area contributed by atoms with Crippen molar-refractivity contribution >= 4 is 11.9 Å². The molecule has 1 saturated heterocycles. The minimum atomic E-state index is -0.814. The third-order valence-corrected chi connectivity index (χ3v) is 5.34. The first-order chi connectivity index (χ1) is 9.94. The Morgan fingerprint density at radius 1 is 1.24 bits per heavy atom. The molecule has 0 aromatic carbocycles. The zero-order chi connectivity index (χ0) is 15.5. The van der Waals surface area contributed by atoms with Gasteiger partial charge in [-0.1, -0.05) is 19.3 Å². The standard InChI is InChI=1S/C16H28N2O3/c1-17-10-6-7-13(17)12-18(2)14(19)11-16(15(20)21)8-4-3-5-9-16/h13H,3-12H2,1-2H3,(H,20,21). The normalized spacial score (nSPS) is 25.7. The topological polar surface area (TPSA) is 60.9 Å². The summed E-state index contributed by atoms with van der Waals surface area (Å²) in [6, 6.07) is 0.422. The molecule has 1 unspecified atom stereocenters. The molecular formula is C16H28N2O3. The minimum Gasteiger partial charge on any atom is -0.481 e. The lowest BCUT2D eigenvalue weighted by Crippen LogP contribution is -2.43. The second-order valence-corrected chi connectivity index (χ2v) is 6.87. The van der Waals surface area contributed by atoms with E-state index in [1.807, 2.05) is 7.05 Å². The van der Waals surface area contributed by atoms with Crippen molar-refractivity contribution in [1.82, 2.24) is 9.80 Å². The number of carboxylic acid groups (broad SMARTS) is 1. The number of carboxylic acids is 1. The molecule has 1 heterocycles. The van der Waals surface area contributed by atoms with Crippen LogP contribution < -0.4 is 0 Å². The second-order valence-electron chi connectivity index (χ2n) is 6.87. The van der Waals surface area contributed by atoms with Crippen molar-refractivity contribution in [2.75, 3.05) is 27.2 Å². The molecule has 0 bridgehead atoms. The highest BCUT2D eigenvalue weighted by molar-refractivity contribution is 5.85. The second kappa shape index (κ2) is 6.77. The molecule has 1 amide bonds. The van der Waals surface area contributed by atoms with Crippen LogP contribution >= 0.6 is 0 Å². The maximum Gasteiger partial charge on any atom is 0.310 e. The summed E-state index contributed by atoms with van der Waals surface area (Å²) in [5.74, 6) is -0.804. The van der Waals surface area contributed by atoms with E-state index >= 15 is 0 Å². The van der Waals surface area contributed by atoms with Crippen LogP contribution in [0, 0.1) is 5.41 Å². The first-order valence-electron chi connectivity index (χ1n) is 8.12. The molecule has 5 heteroatoms. The van der Waals surface area contributed by atoms with Crippen LogP contribution in [0.5, 0.6) is 0 Å². The van der Waals surface area contributed by atoms with Crippen molar-refractivity contribution in [2.24, 2.45) is 5.41 Å². The number of nitrogens with zero attached hydrogens (tertiary/aromatic N) is 2. The zero-order valence-electron chi connectivity index (χ0n) is 13.3. The molecule has 0 aromatic rings. The quantitative estimate of drug-likeness (QED) is 0.842. The van der Waals surface area contributed by atoms with Gasteiger partial charge in [0.25, 0.3) is 0 Å². The molecule has 1 saturated carbocycles. The van der Waals surface area contributed by atoms with Crippen LogP contribution in [0.4, 0.5) is 0 Å². The molecule has 1 N–H and O–H groups in total. The van der Waals surface area contributed by atoms with Gasteiger partial charge in [0.15, 0.2) is 0 Å². The first kappa shape index (κ1) is 16.3. The van der Waals surface area contributed by atoms with Crippen molar-refractivity contribution in [2.45, 2.75) is 57.4 Å². The molecule has 120 valence electrons. The van der Waals surface area contributed by atoms with Gasteiger partial charge >= 0.3 is 5.97 Å². The lowest BCUT2D eigenvalue weighted by atomic mass is 9.71. The van der Waals surface area contributed by atoms with Crippen LogP contribution in [-0.2, 0) is 9.59 Å². The molecule has 0 radical (unpaired) electrons. The summed E-state index contributed by atoms with van der Waals surface area (Å²) in [5.41, 5.74) is -0.814. The average molecular weight is 296 g/mol. The van der Waals surface area contributed by atoms with E-state index in [9.17, 15) is 14.7 Å². The summed E-state index contributed by atoms with van der Waals surface area (Å²) in [4.78, 5) is 28.1. The van der Waals surface area contributed by atoms with Gasteiger partial charge in [-0.15, -0.1) is 0 Å². The van der Waals surface area contributed by atoms with E-state index < -0.39 is 11.4 Å². The molecule has 2 rings (SSSR count). The van der Waals surface area contributed by atoms with E-state index in [4.69, 9.17) is 0 Å². The summed E-state index contributed by atoms with van der Waals surface area (Å²) >= 11 is 0. The third kappa shape index (κ3) is 3.76. The smallest absolute Gasteiger partial charge is 0.310 e. The number of aliphatic carboxylic acids is 1. The number of likely N-dealkylation sites (tertiary alicyclic amines) is 1. The highest BCUT2D eigenvalue weighted by Gasteiger charge is 2.42. The summed E-state index contributed by atoms with van der Waals surface area (Å²) in [7, 11) is 3.91. The Labute approximate surface area is 127 Å². The van der Waals surface area contributed by atoms with Crippen LogP contribution in [0.25, 0.3) is 0 Å². The Morgan fingerprint density at radius 2 is 1.90 bits per heavy atom. The fourth-order valence-corrected chi connectivity index (χ4v) is 3.75. The number of hydrogen-bond acceptors (Lipinski definition) is 3. The van der Waals surface area contributed by atoms with Crippen molar-refractivity contribution in [3.05, 3.63) is 0 Å². The van der Waals surface area contributed by atoms with Crippen molar-refractivity contribution in [3.8, 4) is 0 Å². The largest absolute Gasteiger partial charge is 0.481 e. The van der Waals surface area contributed by atoms with E-state index in [1.165, 1.54) is 6.42 Å². The molecule has 0 spiro atoms. The van der Waals surface area contributed by atoms with Gasteiger partial charge in [0, 0.05) is 26.1 Å². The number of carbonyl (C=O) groups excluding carboxylic acids is 1. The van der Waals surface area contributed by atoms with Gasteiger partial charge in [0.05, 0.1) is 5.41 Å². The van der Waals surface area contributed by atoms with E-state index in [0.717, 1.165) is 32.2 Å². The molecule has 2 aliphatic rings. The Morgan fingerprint density at radius 3 is 2.43 bits per heavy atom. The molecule has 1 aliphatic carbocycles. The highest BCUT2D eigenvalue weighted by Crippen LogP contribution is 2.40. The Hall–Kier alpha value is -1.10. The molecule has 2 fully saturated rings. The minimum absolute atomic E-state index is 0.0143. The first-order valence-corrected chi connectivity index (χ1v) is 8.12. The van der Waals surface area contributed by atoms with Crippen molar-refractivity contribution in [1.29, 1.82) is 0 Å². The molecule has 21 heavy (non-hydrogen) atoms. The third-order valence-electron chi connectivity index (χ3n) is 5.34. The maximum atomic E-state index is 12.5. The van der Waals surface area contributed by atoms with Crippen molar-refractivity contribution in [3.63, 3.8) is 0 Å². The number of carbonyl (C=O) groups is 2. The van der Waals surface area contributed by atoms with E-state index in [2.05, 4.69) is 11.9 Å². The van der Waals surface area contributed by atoms with Gasteiger partial charge in [0.2, 0.25) is 5.91 Å². The Bertz CT molecular complexity index is 391. The van der Waals surface area contributed by atoms with Crippen LogP contribution in [0.2, 0.25) is 0 Å². The van der Waals surface area contributed by atoms with Gasteiger partial charge in [-0.25, -0.2) is 0 Å². The summed E-state index contributed by atoms with van der Waals surface area (Å²) in [6.07, 6.45) is 6.70. The van der Waals surface area contributed by atoms with Gasteiger partial charge in [-0.2, -0.15) is 0 Å². The van der Waals surface area contributed by atoms with Gasteiger partial charge in [0.1, 0.15) is 0 Å². The lowest BCUT2D eigenvalue weighted by molar-refractivity contribution is -0.155. The average Bonchev–Trinajstić information content (AvgIpc) is 2.85. The number of hydrogen-bond donors (Lipinski definition) is 1. The van der Waals surface area contributed by atoms with Gasteiger partial charge in [-0.3, -0.25) is 9.59 Å². The fourth-order valence-electron chi connectivity index (χ4n) is 3.75. The van der Waals surface area contributed by atoms with Crippen LogP contribution in [0.1, 0.15) is 51.4 Å². The van der Waals surface area contributed by atoms with E-state index in [-0.39, 0.29) is 12.3 Å². The van der Waals surface area contributed by atoms with Crippen LogP contribution in [-0.4, -0.2) is 60.0 Å². The van der Waals surface area contributed by atoms with Crippen molar-refractivity contribution < 1.29 is 14.7 Å². The monoisotopic (exact) mass is 296 g/mol. The lowest BCUT2D eigenvalue weighted by Gasteiger charge is -2.34. The Kier molecular flexibility index (Phi) is 5.25. The van der Waals surface area contributed by atoms with Crippen LogP contribution in [0.3, 0.4) is 0 Å². The summed E-state index contributed by atoms with van der Waals surface area (Å²) < 4.78 is 0. The maximum absolute atomic E-state index is 12.5. The highest BCUT2D eigenvalue weighted by atomic mass is 16.4. The fraction of sp³-hybridized carbons (Fsp3) is 0.875. The predicted molar refractivity (Wildman–Crippen MR) is 81.1 cm³/mol. The zero-order valence-corrected chi connectivity index (χ0v) is 13.3. The summed E-state index contributed by atoms with van der Waals surface area (Å²) in [6.45, 7) is 1.80. The number of amides is 1. The molecule has 1 atom stereocenters. The Balaban J connectivity index is 1.93. The SMILES string of the molecule is CN(CC1CCCN1C)C(=O)CC1(C(=O)O)CCCCC1. The number of rotatable bonds is 5. The number of likely N-dealkylation sites (N-methyl/N-ethyl adjacent to an activating group) is 2. The van der Waals surface area contributed by atoms with E-state index in [0.29, 0.717) is 25.4 Å². The van der Waals surface area contributed by atoms with Crippen LogP contribution in [0.15, 0.2) is 0 Å².